The average molecular weight is 522 g/mol. The van der Waals surface area contributed by atoms with Gasteiger partial charge in [-0.05, 0) is 63.1 Å². The number of rotatable bonds is 4. The molecule has 2 atom stereocenters. The zero-order valence-corrected chi connectivity index (χ0v) is 21.8. The summed E-state index contributed by atoms with van der Waals surface area (Å²) in [6.07, 6.45) is 3.05. The van der Waals surface area contributed by atoms with Gasteiger partial charge in [0.05, 0.1) is 35.1 Å². The number of carbonyl (C=O) groups is 1. The standard InChI is InChI=1S/C29H32FN3O5/c1-4-29(37)21-11-22-25-19(12-33(22)27(35)20(21)13-38-28(29)36)24(30)23-14(2)5-10-18(26(23)32-25)15(3)31-16-6-8-17(34)9-7-16/h5,10-11,15-17,31,34,37H,4,6-9,12-13H2,1-3H3/t15?,16?,17?,29-/m0/s1. The predicted octanol–water partition coefficient (Wildman–Crippen LogP) is 3.48. The van der Waals surface area contributed by atoms with Gasteiger partial charge in [0.15, 0.2) is 5.60 Å². The molecular formula is C29H32FN3O5. The van der Waals surface area contributed by atoms with Gasteiger partial charge in [-0.2, -0.15) is 0 Å². The van der Waals surface area contributed by atoms with Crippen LogP contribution in [0.4, 0.5) is 4.39 Å². The molecule has 1 aromatic carbocycles. The van der Waals surface area contributed by atoms with E-state index in [0.717, 1.165) is 36.8 Å². The molecule has 0 bridgehead atoms. The van der Waals surface area contributed by atoms with E-state index < -0.39 is 22.9 Å². The molecular weight excluding hydrogens is 489 g/mol. The number of pyridine rings is 2. The molecule has 4 heterocycles. The van der Waals surface area contributed by atoms with Gasteiger partial charge in [-0.15, -0.1) is 0 Å². The number of nitrogens with one attached hydrogen (secondary N) is 1. The van der Waals surface area contributed by atoms with E-state index in [0.29, 0.717) is 27.9 Å². The van der Waals surface area contributed by atoms with Gasteiger partial charge in [-0.1, -0.05) is 19.1 Å². The summed E-state index contributed by atoms with van der Waals surface area (Å²) in [6, 6.07) is 5.60. The Morgan fingerprint density at radius 3 is 2.68 bits per heavy atom. The number of aliphatic hydroxyl groups excluding tert-OH is 1. The second-order valence-corrected chi connectivity index (χ2v) is 10.9. The highest BCUT2D eigenvalue weighted by molar-refractivity contribution is 5.90. The van der Waals surface area contributed by atoms with Crippen molar-refractivity contribution in [3.05, 3.63) is 62.2 Å². The molecule has 6 rings (SSSR count). The normalized spacial score (nSPS) is 25.1. The van der Waals surface area contributed by atoms with Crippen LogP contribution in [-0.4, -0.2) is 37.9 Å². The van der Waals surface area contributed by atoms with E-state index in [-0.39, 0.29) is 48.9 Å². The molecule has 3 aromatic rings. The zero-order valence-electron chi connectivity index (χ0n) is 21.8. The van der Waals surface area contributed by atoms with Gasteiger partial charge in [0.25, 0.3) is 5.56 Å². The maximum absolute atomic E-state index is 16.2. The number of aliphatic hydroxyl groups is 2. The fourth-order valence-electron chi connectivity index (χ4n) is 6.34. The summed E-state index contributed by atoms with van der Waals surface area (Å²) in [6.45, 7) is 5.32. The highest BCUT2D eigenvalue weighted by Gasteiger charge is 2.45. The Kier molecular flexibility index (Phi) is 5.93. The lowest BCUT2D eigenvalue weighted by Crippen LogP contribution is -2.44. The van der Waals surface area contributed by atoms with E-state index in [9.17, 15) is 19.8 Å². The second kappa shape index (κ2) is 8.97. The predicted molar refractivity (Wildman–Crippen MR) is 139 cm³/mol. The Bertz CT molecular complexity index is 1540. The molecule has 200 valence electrons. The Labute approximate surface area is 219 Å². The molecule has 1 saturated carbocycles. The lowest BCUT2D eigenvalue weighted by molar-refractivity contribution is -0.172. The van der Waals surface area contributed by atoms with Crippen LogP contribution in [-0.2, 0) is 28.3 Å². The third-order valence-electron chi connectivity index (χ3n) is 8.66. The summed E-state index contributed by atoms with van der Waals surface area (Å²) >= 11 is 0. The van der Waals surface area contributed by atoms with Gasteiger partial charge in [-0.3, -0.25) is 4.79 Å². The molecule has 1 unspecified atom stereocenters. The number of cyclic esters (lactones) is 1. The minimum atomic E-state index is -1.94. The SMILES string of the molecule is CC[C@@]1(O)C(=O)OCc2c1cc1n(c2=O)Cc2c-1nc1c(C(C)NC3CCC(O)CC3)ccc(C)c1c2F. The summed E-state index contributed by atoms with van der Waals surface area (Å²) in [7, 11) is 0. The zero-order chi connectivity index (χ0) is 26.9. The molecule has 2 aromatic heterocycles. The minimum absolute atomic E-state index is 0.0198. The molecule has 1 fully saturated rings. The van der Waals surface area contributed by atoms with Crippen molar-refractivity contribution in [1.82, 2.24) is 14.9 Å². The first-order valence-corrected chi connectivity index (χ1v) is 13.4. The number of nitrogens with zero attached hydrogens (tertiary/aromatic N) is 2. The van der Waals surface area contributed by atoms with Crippen LogP contribution in [0.15, 0.2) is 23.0 Å². The van der Waals surface area contributed by atoms with E-state index in [1.54, 1.807) is 13.0 Å². The molecule has 8 nitrogen and oxygen atoms in total. The summed E-state index contributed by atoms with van der Waals surface area (Å²) in [5.41, 5.74) is 1.28. The van der Waals surface area contributed by atoms with Crippen LogP contribution in [0.2, 0.25) is 0 Å². The number of hydrogen-bond acceptors (Lipinski definition) is 7. The molecule has 3 N–H and O–H groups in total. The van der Waals surface area contributed by atoms with E-state index >= 15 is 4.39 Å². The summed E-state index contributed by atoms with van der Waals surface area (Å²) in [5.74, 6) is -1.20. The van der Waals surface area contributed by atoms with Gasteiger partial charge in [0.2, 0.25) is 0 Å². The summed E-state index contributed by atoms with van der Waals surface area (Å²) in [4.78, 5) is 30.9. The van der Waals surface area contributed by atoms with Gasteiger partial charge < -0.3 is 24.8 Å². The van der Waals surface area contributed by atoms with Crippen molar-refractivity contribution in [3.63, 3.8) is 0 Å². The highest BCUT2D eigenvalue weighted by atomic mass is 19.1. The van der Waals surface area contributed by atoms with E-state index in [4.69, 9.17) is 9.72 Å². The topological polar surface area (TPSA) is 114 Å². The average Bonchev–Trinajstić information content (AvgIpc) is 3.27. The van der Waals surface area contributed by atoms with Gasteiger partial charge in [0.1, 0.15) is 12.4 Å². The first kappa shape index (κ1) is 25.2. The number of halogens is 1. The maximum Gasteiger partial charge on any atom is 0.343 e. The molecule has 1 aliphatic carbocycles. The lowest BCUT2D eigenvalue weighted by Gasteiger charge is -2.31. The van der Waals surface area contributed by atoms with Crippen LogP contribution in [0.25, 0.3) is 22.3 Å². The molecule has 0 saturated heterocycles. The molecule has 38 heavy (non-hydrogen) atoms. The van der Waals surface area contributed by atoms with Crippen molar-refractivity contribution in [2.75, 3.05) is 0 Å². The second-order valence-electron chi connectivity index (χ2n) is 10.9. The fourth-order valence-corrected chi connectivity index (χ4v) is 6.34. The van der Waals surface area contributed by atoms with Crippen molar-refractivity contribution in [1.29, 1.82) is 0 Å². The Hall–Kier alpha value is -3.14. The monoisotopic (exact) mass is 521 g/mol. The number of carbonyl (C=O) groups excluding carboxylic acids is 1. The number of fused-ring (bicyclic) bond motifs is 5. The van der Waals surface area contributed by atoms with E-state index in [2.05, 4.69) is 5.32 Å². The van der Waals surface area contributed by atoms with Crippen LogP contribution in [0, 0.1) is 12.7 Å². The Balaban J connectivity index is 1.50. The number of aryl methyl sites for hydroxylation is 1. The quantitative estimate of drug-likeness (QED) is 0.353. The van der Waals surface area contributed by atoms with Crippen molar-refractivity contribution in [2.24, 2.45) is 0 Å². The van der Waals surface area contributed by atoms with Crippen LogP contribution >= 0.6 is 0 Å². The fraction of sp³-hybridized carbons (Fsp3) is 0.483. The van der Waals surface area contributed by atoms with Crippen molar-refractivity contribution in [3.8, 4) is 11.4 Å². The van der Waals surface area contributed by atoms with Crippen molar-refractivity contribution < 1.29 is 24.1 Å². The first-order chi connectivity index (χ1) is 18.1. The largest absolute Gasteiger partial charge is 0.458 e. The summed E-state index contributed by atoms with van der Waals surface area (Å²) < 4.78 is 22.8. The molecule has 0 radical (unpaired) electrons. The molecule has 3 aliphatic rings. The smallest absolute Gasteiger partial charge is 0.343 e. The van der Waals surface area contributed by atoms with Crippen LogP contribution in [0.1, 0.15) is 79.8 Å². The Morgan fingerprint density at radius 2 is 1.97 bits per heavy atom. The summed E-state index contributed by atoms with van der Waals surface area (Å²) in [5, 5.41) is 25.0. The lowest BCUT2D eigenvalue weighted by atomic mass is 9.86. The molecule has 2 aliphatic heterocycles. The van der Waals surface area contributed by atoms with Crippen LogP contribution in [0.5, 0.6) is 0 Å². The van der Waals surface area contributed by atoms with Gasteiger partial charge >= 0.3 is 5.97 Å². The van der Waals surface area contributed by atoms with Crippen LogP contribution < -0.4 is 10.9 Å². The highest BCUT2D eigenvalue weighted by Crippen LogP contribution is 2.41. The maximum atomic E-state index is 16.2. The Morgan fingerprint density at radius 1 is 1.24 bits per heavy atom. The molecule has 0 amide bonds. The minimum Gasteiger partial charge on any atom is -0.458 e. The molecule has 9 heteroatoms. The molecule has 0 spiro atoms. The number of esters is 1. The van der Waals surface area contributed by atoms with Gasteiger partial charge in [0, 0.05) is 28.6 Å². The number of hydrogen-bond donors (Lipinski definition) is 3. The number of aromatic nitrogens is 2. The third kappa shape index (κ3) is 3.63. The van der Waals surface area contributed by atoms with Crippen LogP contribution in [0.3, 0.4) is 0 Å². The number of ether oxygens (including phenoxy) is 1. The van der Waals surface area contributed by atoms with E-state index in [1.807, 2.05) is 26.0 Å². The third-order valence-corrected chi connectivity index (χ3v) is 8.66. The number of benzene rings is 1. The first-order valence-electron chi connectivity index (χ1n) is 13.4. The van der Waals surface area contributed by atoms with E-state index in [1.165, 1.54) is 4.57 Å². The van der Waals surface area contributed by atoms with Crippen molar-refractivity contribution in [2.45, 2.75) is 89.8 Å². The van der Waals surface area contributed by atoms with Gasteiger partial charge in [-0.25, -0.2) is 14.2 Å². The van der Waals surface area contributed by atoms with Crippen molar-refractivity contribution >= 4 is 16.9 Å².